The van der Waals surface area contributed by atoms with E-state index in [-0.39, 0.29) is 45.5 Å². The molecular formula is C31H35F2N5O7S. The van der Waals surface area contributed by atoms with Gasteiger partial charge in [0.25, 0.3) is 0 Å². The molecule has 2 aromatic heterocycles. The molecule has 2 N–H and O–H groups in total. The topological polar surface area (TPSA) is 141 Å². The number of methoxy groups -OCH3 is 3. The molecule has 0 atom stereocenters. The monoisotopic (exact) mass is 659 g/mol. The number of benzene rings is 2. The van der Waals surface area contributed by atoms with Crippen molar-refractivity contribution in [3.63, 3.8) is 0 Å². The van der Waals surface area contributed by atoms with Crippen LogP contribution in [0.15, 0.2) is 42.0 Å². The van der Waals surface area contributed by atoms with Crippen LogP contribution >= 0.6 is 11.3 Å². The number of fused-ring (bicyclic) bond motifs is 1. The molecule has 2 amide bonds. The lowest BCUT2D eigenvalue weighted by Crippen LogP contribution is -2.22. The zero-order valence-electron chi connectivity index (χ0n) is 26.2. The highest BCUT2D eigenvalue weighted by molar-refractivity contribution is 7.13. The van der Waals surface area contributed by atoms with Crippen molar-refractivity contribution in [3.8, 4) is 11.5 Å². The van der Waals surface area contributed by atoms with Crippen molar-refractivity contribution in [1.82, 2.24) is 14.9 Å². The number of aromatic nitrogens is 2. The van der Waals surface area contributed by atoms with E-state index in [1.165, 1.54) is 56.7 Å². The van der Waals surface area contributed by atoms with Gasteiger partial charge in [-0.05, 0) is 31.8 Å². The summed E-state index contributed by atoms with van der Waals surface area (Å²) >= 11 is 0.849. The molecule has 4 aromatic rings. The fraction of sp³-hybridized carbons (Fsp3) is 0.323. The number of nitrogens with one attached hydrogen (secondary N) is 2. The fourth-order valence-corrected chi connectivity index (χ4v) is 5.11. The van der Waals surface area contributed by atoms with Crippen molar-refractivity contribution in [2.24, 2.45) is 0 Å². The summed E-state index contributed by atoms with van der Waals surface area (Å²) in [5.74, 6) is -3.16. The first-order chi connectivity index (χ1) is 22.1. The smallest absolute Gasteiger partial charge is 0.349 e. The van der Waals surface area contributed by atoms with Crippen LogP contribution in [0, 0.1) is 11.6 Å². The van der Waals surface area contributed by atoms with Crippen LogP contribution in [0.25, 0.3) is 11.0 Å². The molecule has 4 rings (SSSR count). The van der Waals surface area contributed by atoms with Crippen molar-refractivity contribution in [2.45, 2.75) is 27.4 Å². The number of amides is 2. The lowest BCUT2D eigenvalue weighted by atomic mass is 10.1. The Hall–Kier alpha value is -4.89. The average molecular weight is 660 g/mol. The zero-order valence-corrected chi connectivity index (χ0v) is 27.0. The van der Waals surface area contributed by atoms with Crippen molar-refractivity contribution in [2.75, 3.05) is 51.6 Å². The van der Waals surface area contributed by atoms with Crippen molar-refractivity contribution >= 4 is 51.7 Å². The number of ether oxygens (including phenoxy) is 4. The highest BCUT2D eigenvalue weighted by atomic mass is 32.1. The molecular weight excluding hydrogens is 624 g/mol. The molecule has 0 saturated heterocycles. The van der Waals surface area contributed by atoms with E-state index in [1.54, 1.807) is 0 Å². The molecule has 0 fully saturated rings. The fourth-order valence-electron chi connectivity index (χ4n) is 4.20. The second kappa shape index (κ2) is 17.0. The first-order valence-electron chi connectivity index (χ1n) is 14.1. The molecule has 0 aliphatic heterocycles. The first-order valence-corrected chi connectivity index (χ1v) is 15.0. The highest BCUT2D eigenvalue weighted by Crippen LogP contribution is 2.34. The maximum absolute atomic E-state index is 14.8. The Morgan fingerprint density at radius 2 is 1.50 bits per heavy atom. The van der Waals surface area contributed by atoms with E-state index in [1.807, 2.05) is 0 Å². The van der Waals surface area contributed by atoms with Gasteiger partial charge in [0.05, 0.1) is 49.3 Å². The minimum atomic E-state index is -0.945. The van der Waals surface area contributed by atoms with E-state index < -0.39 is 29.6 Å². The van der Waals surface area contributed by atoms with Gasteiger partial charge in [-0.3, -0.25) is 9.97 Å². The Morgan fingerprint density at radius 1 is 0.848 bits per heavy atom. The van der Waals surface area contributed by atoms with E-state index in [2.05, 4.69) is 51.0 Å². The Kier molecular flexibility index (Phi) is 13.1. The van der Waals surface area contributed by atoms with Gasteiger partial charge in [0.2, 0.25) is 0 Å². The SMILES string of the molecule is CCN(CC)CC.COC(=O)c1scc(NC(=O)Nc2cc(OCc3c(F)ccc4nccnc34)c(OC)cc2F)c1C(=O)OC. The van der Waals surface area contributed by atoms with E-state index in [4.69, 9.17) is 14.2 Å². The predicted molar refractivity (Wildman–Crippen MR) is 170 cm³/mol. The minimum absolute atomic E-state index is 0.00625. The van der Waals surface area contributed by atoms with Crippen LogP contribution in [0.1, 0.15) is 46.4 Å². The molecule has 46 heavy (non-hydrogen) atoms. The van der Waals surface area contributed by atoms with Gasteiger partial charge < -0.3 is 34.5 Å². The summed E-state index contributed by atoms with van der Waals surface area (Å²) in [6, 6.07) is 3.89. The van der Waals surface area contributed by atoms with E-state index >= 15 is 0 Å². The lowest BCUT2D eigenvalue weighted by Gasteiger charge is -2.15. The third-order valence-electron chi connectivity index (χ3n) is 6.70. The average Bonchev–Trinajstić information content (AvgIpc) is 3.48. The maximum Gasteiger partial charge on any atom is 0.349 e. The van der Waals surface area contributed by atoms with Crippen LogP contribution < -0.4 is 20.1 Å². The Bertz CT molecular complexity index is 1680. The highest BCUT2D eigenvalue weighted by Gasteiger charge is 2.26. The van der Waals surface area contributed by atoms with E-state index in [0.29, 0.717) is 11.0 Å². The largest absolute Gasteiger partial charge is 0.493 e. The number of nitrogens with zero attached hydrogens (tertiary/aromatic N) is 3. The third-order valence-corrected chi connectivity index (χ3v) is 7.66. The molecule has 2 heterocycles. The van der Waals surface area contributed by atoms with Gasteiger partial charge in [0.1, 0.15) is 22.9 Å². The molecule has 0 unspecified atom stereocenters. The van der Waals surface area contributed by atoms with Crippen molar-refractivity contribution in [1.29, 1.82) is 0 Å². The molecule has 12 nitrogen and oxygen atoms in total. The summed E-state index contributed by atoms with van der Waals surface area (Å²) in [7, 11) is 3.53. The maximum atomic E-state index is 14.8. The summed E-state index contributed by atoms with van der Waals surface area (Å²) in [4.78, 5) is 47.5. The number of anilines is 2. The predicted octanol–water partition coefficient (Wildman–Crippen LogP) is 6.12. The first kappa shape index (κ1) is 35.6. The van der Waals surface area contributed by atoms with Crippen LogP contribution in [-0.4, -0.2) is 73.8 Å². The number of hydrogen-bond donors (Lipinski definition) is 2. The Morgan fingerprint density at radius 3 is 2.11 bits per heavy atom. The molecule has 2 aromatic carbocycles. The second-order valence-electron chi connectivity index (χ2n) is 9.26. The van der Waals surface area contributed by atoms with Crippen molar-refractivity contribution in [3.05, 3.63) is 69.7 Å². The Labute approximate surface area is 268 Å². The van der Waals surface area contributed by atoms with Gasteiger partial charge in [-0.1, -0.05) is 20.8 Å². The molecule has 0 aliphatic carbocycles. The summed E-state index contributed by atoms with van der Waals surface area (Å²) < 4.78 is 49.6. The normalized spacial score (nSPS) is 10.5. The lowest BCUT2D eigenvalue weighted by molar-refractivity contribution is 0.0561. The number of thiophene rings is 1. The van der Waals surface area contributed by atoms with Crippen LogP contribution in [0.2, 0.25) is 0 Å². The van der Waals surface area contributed by atoms with E-state index in [9.17, 15) is 23.2 Å². The third kappa shape index (κ3) is 8.63. The molecule has 0 bridgehead atoms. The molecule has 0 spiro atoms. The summed E-state index contributed by atoms with van der Waals surface area (Å²) in [6.07, 6.45) is 2.88. The Balaban J connectivity index is 0.000000738. The molecule has 0 saturated carbocycles. The number of carbonyl (C=O) groups excluding carboxylic acids is 3. The van der Waals surface area contributed by atoms with Crippen LogP contribution in [0.5, 0.6) is 11.5 Å². The van der Waals surface area contributed by atoms with Gasteiger partial charge in [0.15, 0.2) is 17.3 Å². The number of esters is 2. The number of urea groups is 1. The molecule has 0 aliphatic rings. The van der Waals surface area contributed by atoms with E-state index in [0.717, 1.165) is 37.7 Å². The van der Waals surface area contributed by atoms with Crippen LogP contribution in [-0.2, 0) is 16.1 Å². The van der Waals surface area contributed by atoms with Gasteiger partial charge in [-0.2, -0.15) is 0 Å². The van der Waals surface area contributed by atoms with Gasteiger partial charge >= 0.3 is 18.0 Å². The summed E-state index contributed by atoms with van der Waals surface area (Å²) in [6.45, 7) is 9.82. The van der Waals surface area contributed by atoms with Gasteiger partial charge in [-0.25, -0.2) is 23.2 Å². The standard InChI is InChI=1S/C25H20F2N4O7S.C6H15N/c1-35-18-8-14(27)16(9-19(18)38-10-12-13(26)4-5-15-21(12)29-7-6-28-15)30-25(34)31-17-11-39-22(24(33)37-3)20(17)23(32)36-2;1-4-7(5-2)6-3/h4-9,11H,10H2,1-3H3,(H2,30,31,34);4-6H2,1-3H3. The quantitative estimate of drug-likeness (QED) is 0.181. The number of rotatable bonds is 11. The number of halogens is 2. The summed E-state index contributed by atoms with van der Waals surface area (Å²) in [5.41, 5.74) is 0.280. The number of hydrogen-bond acceptors (Lipinski definition) is 11. The van der Waals surface area contributed by atoms with Gasteiger partial charge in [-0.15, -0.1) is 11.3 Å². The number of carbonyl (C=O) groups is 3. The second-order valence-corrected chi connectivity index (χ2v) is 10.1. The van der Waals surface area contributed by atoms with Gasteiger partial charge in [0, 0.05) is 29.9 Å². The molecule has 246 valence electrons. The van der Waals surface area contributed by atoms with Crippen molar-refractivity contribution < 1.29 is 42.1 Å². The van der Waals surface area contributed by atoms with Crippen LogP contribution in [0.4, 0.5) is 25.0 Å². The zero-order chi connectivity index (χ0) is 33.8. The molecule has 15 heteroatoms. The minimum Gasteiger partial charge on any atom is -0.493 e. The summed E-state index contributed by atoms with van der Waals surface area (Å²) in [5, 5.41) is 6.02. The molecule has 0 radical (unpaired) electrons. The van der Waals surface area contributed by atoms with Crippen LogP contribution in [0.3, 0.4) is 0 Å².